The van der Waals surface area contributed by atoms with Crippen LogP contribution < -0.4 is 0 Å². The molecule has 0 aromatic rings. The standard InChI is InChI=1S/C9H14F3/c10-9(11,12)8-6-4-2-1-3-5-7-8/h2,8H,1,3-7H2. The lowest BCUT2D eigenvalue weighted by atomic mass is 9.91. The molecule has 71 valence electrons. The van der Waals surface area contributed by atoms with Crippen LogP contribution in [0.25, 0.3) is 0 Å². The van der Waals surface area contributed by atoms with Gasteiger partial charge >= 0.3 is 6.18 Å². The fraction of sp³-hybridized carbons (Fsp3) is 0.889. The van der Waals surface area contributed by atoms with Gasteiger partial charge in [0.25, 0.3) is 0 Å². The first kappa shape index (κ1) is 9.87. The van der Waals surface area contributed by atoms with Crippen LogP contribution in [-0.2, 0) is 0 Å². The second-order valence-corrected chi connectivity index (χ2v) is 3.39. The average molecular weight is 179 g/mol. The zero-order valence-electron chi connectivity index (χ0n) is 7.03. The van der Waals surface area contributed by atoms with Gasteiger partial charge in [-0.1, -0.05) is 19.3 Å². The van der Waals surface area contributed by atoms with Gasteiger partial charge in [-0.3, -0.25) is 0 Å². The molecule has 12 heavy (non-hydrogen) atoms. The number of hydrogen-bond donors (Lipinski definition) is 0. The highest BCUT2D eigenvalue weighted by molar-refractivity contribution is 4.76. The van der Waals surface area contributed by atoms with E-state index >= 15 is 0 Å². The highest BCUT2D eigenvalue weighted by Gasteiger charge is 2.38. The van der Waals surface area contributed by atoms with Crippen LogP contribution in [0.15, 0.2) is 0 Å². The van der Waals surface area contributed by atoms with Gasteiger partial charge in [0.1, 0.15) is 0 Å². The Hall–Kier alpha value is -0.210. The van der Waals surface area contributed by atoms with Crippen LogP contribution in [0.4, 0.5) is 13.2 Å². The number of rotatable bonds is 0. The Balaban J connectivity index is 2.40. The zero-order chi connectivity index (χ0) is 9.03. The van der Waals surface area contributed by atoms with E-state index in [1.165, 1.54) is 0 Å². The molecule has 0 aliphatic heterocycles. The Morgan fingerprint density at radius 2 is 1.75 bits per heavy atom. The van der Waals surface area contributed by atoms with Crippen molar-refractivity contribution in [3.8, 4) is 0 Å². The molecule has 0 nitrogen and oxygen atoms in total. The van der Waals surface area contributed by atoms with Gasteiger partial charge in [-0.05, 0) is 25.7 Å². The molecule has 1 unspecified atom stereocenters. The molecule has 1 atom stereocenters. The summed E-state index contributed by atoms with van der Waals surface area (Å²) in [5, 5.41) is 0. The Bertz CT molecular complexity index is 120. The summed E-state index contributed by atoms with van der Waals surface area (Å²) >= 11 is 0. The Morgan fingerprint density at radius 1 is 1.00 bits per heavy atom. The molecule has 1 aliphatic carbocycles. The highest BCUT2D eigenvalue weighted by Crippen LogP contribution is 2.35. The van der Waals surface area contributed by atoms with Gasteiger partial charge in [-0.2, -0.15) is 13.2 Å². The van der Waals surface area contributed by atoms with Crippen LogP contribution in [0, 0.1) is 12.3 Å². The van der Waals surface area contributed by atoms with Crippen LogP contribution in [0.5, 0.6) is 0 Å². The summed E-state index contributed by atoms with van der Waals surface area (Å²) < 4.78 is 36.7. The molecule has 1 saturated carbocycles. The van der Waals surface area contributed by atoms with Crippen LogP contribution in [0.3, 0.4) is 0 Å². The predicted octanol–water partition coefficient (Wildman–Crippen LogP) is 3.72. The lowest BCUT2D eigenvalue weighted by Crippen LogP contribution is -2.23. The second kappa shape index (κ2) is 4.15. The molecule has 0 spiro atoms. The zero-order valence-corrected chi connectivity index (χ0v) is 7.03. The monoisotopic (exact) mass is 179 g/mol. The maximum absolute atomic E-state index is 12.2. The van der Waals surface area contributed by atoms with Crippen molar-refractivity contribution in [1.29, 1.82) is 0 Å². The maximum Gasteiger partial charge on any atom is 0.391 e. The Kier molecular flexibility index (Phi) is 3.41. The van der Waals surface area contributed by atoms with Crippen molar-refractivity contribution in [3.05, 3.63) is 6.42 Å². The van der Waals surface area contributed by atoms with E-state index in [1.54, 1.807) is 0 Å². The van der Waals surface area contributed by atoms with Crippen LogP contribution in [0.1, 0.15) is 38.5 Å². The first-order valence-corrected chi connectivity index (χ1v) is 4.49. The van der Waals surface area contributed by atoms with E-state index in [9.17, 15) is 13.2 Å². The number of hydrogen-bond acceptors (Lipinski definition) is 0. The van der Waals surface area contributed by atoms with E-state index < -0.39 is 12.1 Å². The van der Waals surface area contributed by atoms with E-state index in [4.69, 9.17) is 0 Å². The van der Waals surface area contributed by atoms with E-state index in [1.807, 2.05) is 6.42 Å². The predicted molar refractivity (Wildman–Crippen MR) is 41.5 cm³/mol. The highest BCUT2D eigenvalue weighted by atomic mass is 19.4. The first-order valence-electron chi connectivity index (χ1n) is 4.49. The first-order chi connectivity index (χ1) is 5.61. The molecule has 1 aliphatic rings. The van der Waals surface area contributed by atoms with Gasteiger partial charge < -0.3 is 0 Å². The summed E-state index contributed by atoms with van der Waals surface area (Å²) in [6, 6.07) is 0. The second-order valence-electron chi connectivity index (χ2n) is 3.39. The summed E-state index contributed by atoms with van der Waals surface area (Å²) in [4.78, 5) is 0. The van der Waals surface area contributed by atoms with Gasteiger partial charge in [0.05, 0.1) is 5.92 Å². The van der Waals surface area contributed by atoms with Gasteiger partial charge in [-0.25, -0.2) is 0 Å². The molecule has 0 aromatic carbocycles. The summed E-state index contributed by atoms with van der Waals surface area (Å²) in [6.07, 6.45) is 1.91. The largest absolute Gasteiger partial charge is 0.391 e. The topological polar surface area (TPSA) is 0 Å². The molecule has 0 saturated heterocycles. The van der Waals surface area contributed by atoms with Gasteiger partial charge in [0.15, 0.2) is 0 Å². The summed E-state index contributed by atoms with van der Waals surface area (Å²) in [7, 11) is 0. The molecular formula is C9H14F3. The van der Waals surface area contributed by atoms with Crippen molar-refractivity contribution in [1.82, 2.24) is 0 Å². The van der Waals surface area contributed by atoms with Gasteiger partial charge in [0, 0.05) is 0 Å². The maximum atomic E-state index is 12.2. The molecular weight excluding hydrogens is 165 g/mol. The lowest BCUT2D eigenvalue weighted by molar-refractivity contribution is -0.178. The molecule has 1 fully saturated rings. The van der Waals surface area contributed by atoms with Crippen molar-refractivity contribution in [3.63, 3.8) is 0 Å². The fourth-order valence-corrected chi connectivity index (χ4v) is 1.61. The minimum Gasteiger partial charge on any atom is -0.171 e. The SMILES string of the molecule is FC(F)(F)C1CC[CH]CCCC1. The smallest absolute Gasteiger partial charge is 0.171 e. The Labute approximate surface area is 71.1 Å². The molecule has 0 aromatic heterocycles. The summed E-state index contributed by atoms with van der Waals surface area (Å²) in [6.45, 7) is 0. The fourth-order valence-electron chi connectivity index (χ4n) is 1.61. The van der Waals surface area contributed by atoms with E-state index in [0.29, 0.717) is 19.3 Å². The minimum absolute atomic E-state index is 0.295. The summed E-state index contributed by atoms with van der Waals surface area (Å²) in [5.74, 6) is -1.05. The number of halogens is 3. The normalized spacial score (nSPS) is 23.2. The van der Waals surface area contributed by atoms with Crippen molar-refractivity contribution >= 4 is 0 Å². The van der Waals surface area contributed by atoms with E-state index in [2.05, 4.69) is 0 Å². The molecule has 3 heteroatoms. The van der Waals surface area contributed by atoms with E-state index in [-0.39, 0.29) is 0 Å². The number of alkyl halides is 3. The molecule has 1 rings (SSSR count). The Morgan fingerprint density at radius 3 is 2.42 bits per heavy atom. The van der Waals surface area contributed by atoms with Crippen molar-refractivity contribution in [2.45, 2.75) is 44.7 Å². The molecule has 0 bridgehead atoms. The third-order valence-electron chi connectivity index (χ3n) is 2.39. The van der Waals surface area contributed by atoms with Gasteiger partial charge in [-0.15, -0.1) is 0 Å². The summed E-state index contributed by atoms with van der Waals surface area (Å²) in [5.41, 5.74) is 0. The van der Waals surface area contributed by atoms with Crippen molar-refractivity contribution in [2.75, 3.05) is 0 Å². The van der Waals surface area contributed by atoms with Gasteiger partial charge in [0.2, 0.25) is 0 Å². The molecule has 1 radical (unpaired) electrons. The van der Waals surface area contributed by atoms with Crippen LogP contribution in [-0.4, -0.2) is 6.18 Å². The van der Waals surface area contributed by atoms with E-state index in [0.717, 1.165) is 19.3 Å². The molecule has 0 N–H and O–H groups in total. The third kappa shape index (κ3) is 3.03. The lowest BCUT2D eigenvalue weighted by Gasteiger charge is -2.21. The van der Waals surface area contributed by atoms with Crippen molar-refractivity contribution < 1.29 is 13.2 Å². The average Bonchev–Trinajstić information content (AvgIpc) is 1.81. The van der Waals surface area contributed by atoms with Crippen LogP contribution >= 0.6 is 0 Å². The van der Waals surface area contributed by atoms with Crippen LogP contribution in [0.2, 0.25) is 0 Å². The van der Waals surface area contributed by atoms with Crippen molar-refractivity contribution in [2.24, 2.45) is 5.92 Å². The molecule has 0 amide bonds. The quantitative estimate of drug-likeness (QED) is 0.531. The third-order valence-corrected chi connectivity index (χ3v) is 2.39. The molecule has 0 heterocycles. The minimum atomic E-state index is -3.97.